The molecule has 1 amide bonds. The van der Waals surface area contributed by atoms with Crippen LogP contribution in [0.2, 0.25) is 4.34 Å². The molecule has 1 aliphatic heterocycles. The van der Waals surface area contributed by atoms with Gasteiger partial charge >= 0.3 is 5.97 Å². The largest absolute Gasteiger partial charge is 0.479 e. The minimum absolute atomic E-state index is 0.231. The Morgan fingerprint density at radius 3 is 2.62 bits per heavy atom. The number of carbonyl (C=O) groups is 2. The Kier molecular flexibility index (Phi) is 4.68. The fraction of sp³-hybridized carbons (Fsp3) is 0.538. The van der Waals surface area contributed by atoms with Gasteiger partial charge in [-0.05, 0) is 42.8 Å². The highest BCUT2D eigenvalue weighted by Gasteiger charge is 2.46. The number of carboxylic acids is 1. The summed E-state index contributed by atoms with van der Waals surface area (Å²) in [5.74, 6) is -1.33. The van der Waals surface area contributed by atoms with E-state index in [9.17, 15) is 14.7 Å². The van der Waals surface area contributed by atoms with E-state index in [1.165, 1.54) is 11.3 Å². The number of carboxylic acid groups (broad SMARTS) is 1. The third kappa shape index (κ3) is 3.26. The predicted octanol–water partition coefficient (Wildman–Crippen LogP) is 3.32. The first kappa shape index (κ1) is 16.7. The van der Waals surface area contributed by atoms with Crippen LogP contribution in [0.5, 0.6) is 0 Å². The molecule has 21 heavy (non-hydrogen) atoms. The molecule has 1 N–H and O–H groups in total. The minimum atomic E-state index is -1.11. The molecule has 116 valence electrons. The Morgan fingerprint density at radius 2 is 2.19 bits per heavy atom. The number of hydrogen-bond acceptors (Lipinski definition) is 4. The smallest absolute Gasteiger partial charge is 0.335 e. The maximum atomic E-state index is 12.3. The van der Waals surface area contributed by atoms with Crippen LogP contribution in [-0.4, -0.2) is 40.1 Å². The molecule has 0 saturated carbocycles. The molecule has 5 nitrogen and oxygen atoms in total. The average Bonchev–Trinajstić information content (AvgIpc) is 2.67. The van der Waals surface area contributed by atoms with Crippen molar-refractivity contribution in [2.24, 2.45) is 0 Å². The van der Waals surface area contributed by atoms with E-state index in [1.54, 1.807) is 11.0 Å². The topological polar surface area (TPSA) is 66.8 Å². The summed E-state index contributed by atoms with van der Waals surface area (Å²) in [6, 6.07) is 1.05. The first-order valence-corrected chi connectivity index (χ1v) is 8.23. The van der Waals surface area contributed by atoms with Crippen LogP contribution in [0.15, 0.2) is 10.5 Å². The molecule has 1 fully saturated rings. The van der Waals surface area contributed by atoms with Gasteiger partial charge in [0.1, 0.15) is 17.0 Å². The van der Waals surface area contributed by atoms with Crippen LogP contribution in [0.3, 0.4) is 0 Å². The number of carbonyl (C=O) groups excluding carboxylic acids is 1. The lowest BCUT2D eigenvalue weighted by molar-refractivity contribution is -0.179. The van der Waals surface area contributed by atoms with Crippen molar-refractivity contribution in [2.75, 3.05) is 6.61 Å². The first-order chi connectivity index (χ1) is 9.62. The molecule has 1 aliphatic rings. The SMILES string of the molecule is CC(C)(C)N1C(=O)COC(C(=O)O)C1c1cc(Br)c(Cl)s1. The van der Waals surface area contributed by atoms with Crippen LogP contribution in [0, 0.1) is 0 Å². The molecule has 1 aromatic rings. The summed E-state index contributed by atoms with van der Waals surface area (Å²) in [6.07, 6.45) is -1.11. The highest BCUT2D eigenvalue weighted by Crippen LogP contribution is 2.42. The van der Waals surface area contributed by atoms with E-state index in [0.717, 1.165) is 0 Å². The maximum absolute atomic E-state index is 12.3. The molecule has 2 unspecified atom stereocenters. The summed E-state index contributed by atoms with van der Waals surface area (Å²) in [6.45, 7) is 5.37. The lowest BCUT2D eigenvalue weighted by Gasteiger charge is -2.46. The molecule has 0 bridgehead atoms. The fourth-order valence-electron chi connectivity index (χ4n) is 2.40. The molecule has 1 aromatic heterocycles. The summed E-state index contributed by atoms with van der Waals surface area (Å²) >= 11 is 10.6. The second-order valence-electron chi connectivity index (χ2n) is 5.72. The van der Waals surface area contributed by atoms with Gasteiger partial charge in [0.25, 0.3) is 0 Å². The van der Waals surface area contributed by atoms with Gasteiger partial charge in [0, 0.05) is 14.9 Å². The van der Waals surface area contributed by atoms with Crippen molar-refractivity contribution in [3.05, 3.63) is 19.8 Å². The molecule has 2 atom stereocenters. The lowest BCUT2D eigenvalue weighted by atomic mass is 9.96. The Bertz CT molecular complexity index is 564. The highest BCUT2D eigenvalue weighted by atomic mass is 79.9. The number of aliphatic carboxylic acids is 1. The van der Waals surface area contributed by atoms with E-state index in [4.69, 9.17) is 16.3 Å². The molecule has 0 spiro atoms. The Hall–Kier alpha value is -0.630. The van der Waals surface area contributed by atoms with Crippen molar-refractivity contribution in [3.8, 4) is 0 Å². The van der Waals surface area contributed by atoms with Crippen LogP contribution in [0.25, 0.3) is 0 Å². The van der Waals surface area contributed by atoms with E-state index < -0.39 is 23.7 Å². The van der Waals surface area contributed by atoms with Gasteiger partial charge in [-0.25, -0.2) is 4.79 Å². The number of nitrogens with zero attached hydrogens (tertiary/aromatic N) is 1. The standard InChI is InChI=1S/C13H15BrClNO4S/c1-13(2,3)16-8(17)5-20-10(12(18)19)9(16)7-4-6(14)11(15)21-7/h4,9-10H,5H2,1-3H3,(H,18,19). The maximum Gasteiger partial charge on any atom is 0.335 e. The second kappa shape index (κ2) is 5.87. The van der Waals surface area contributed by atoms with Crippen LogP contribution in [0.4, 0.5) is 0 Å². The van der Waals surface area contributed by atoms with Gasteiger partial charge in [0.05, 0.1) is 0 Å². The molecule has 2 rings (SSSR count). The van der Waals surface area contributed by atoms with Gasteiger partial charge < -0.3 is 14.7 Å². The molecule has 0 radical (unpaired) electrons. The van der Waals surface area contributed by atoms with Gasteiger partial charge in [-0.15, -0.1) is 11.3 Å². The van der Waals surface area contributed by atoms with E-state index in [0.29, 0.717) is 13.7 Å². The van der Waals surface area contributed by atoms with Crippen molar-refractivity contribution in [2.45, 2.75) is 38.5 Å². The van der Waals surface area contributed by atoms with Crippen LogP contribution in [-0.2, 0) is 14.3 Å². The van der Waals surface area contributed by atoms with Gasteiger partial charge in [-0.1, -0.05) is 11.6 Å². The van der Waals surface area contributed by atoms with Gasteiger partial charge in [0.2, 0.25) is 5.91 Å². The van der Waals surface area contributed by atoms with Gasteiger partial charge in [0.15, 0.2) is 6.10 Å². The number of amides is 1. The van der Waals surface area contributed by atoms with Crippen molar-refractivity contribution in [3.63, 3.8) is 0 Å². The lowest BCUT2D eigenvalue weighted by Crippen LogP contribution is -2.58. The molecular weight excluding hydrogens is 382 g/mol. The Labute approximate surface area is 140 Å². The van der Waals surface area contributed by atoms with Crippen molar-refractivity contribution in [1.82, 2.24) is 4.90 Å². The number of halogens is 2. The zero-order chi connectivity index (χ0) is 15.9. The van der Waals surface area contributed by atoms with Crippen molar-refractivity contribution >= 4 is 50.7 Å². The van der Waals surface area contributed by atoms with Crippen LogP contribution in [0.1, 0.15) is 31.7 Å². The Morgan fingerprint density at radius 1 is 1.57 bits per heavy atom. The summed E-state index contributed by atoms with van der Waals surface area (Å²) in [7, 11) is 0. The predicted molar refractivity (Wildman–Crippen MR) is 83.7 cm³/mol. The highest BCUT2D eigenvalue weighted by molar-refractivity contribution is 9.10. The van der Waals surface area contributed by atoms with Crippen LogP contribution < -0.4 is 0 Å². The third-order valence-corrected chi connectivity index (χ3v) is 5.69. The van der Waals surface area contributed by atoms with Crippen molar-refractivity contribution in [1.29, 1.82) is 0 Å². The molecule has 2 heterocycles. The van der Waals surface area contributed by atoms with Crippen LogP contribution >= 0.6 is 38.9 Å². The van der Waals surface area contributed by atoms with E-state index in [-0.39, 0.29) is 12.5 Å². The van der Waals surface area contributed by atoms with Gasteiger partial charge in [-0.2, -0.15) is 0 Å². The number of rotatable bonds is 2. The van der Waals surface area contributed by atoms with Crippen molar-refractivity contribution < 1.29 is 19.4 Å². The minimum Gasteiger partial charge on any atom is -0.479 e. The summed E-state index contributed by atoms with van der Waals surface area (Å²) in [4.78, 5) is 26.0. The first-order valence-electron chi connectivity index (χ1n) is 6.24. The number of thiophene rings is 1. The molecular formula is C13H15BrClNO4S. The zero-order valence-electron chi connectivity index (χ0n) is 11.7. The number of morpholine rings is 1. The normalized spacial score (nSPS) is 23.5. The van der Waals surface area contributed by atoms with E-state index >= 15 is 0 Å². The number of hydrogen-bond donors (Lipinski definition) is 1. The molecule has 0 aromatic carbocycles. The molecule has 0 aliphatic carbocycles. The fourth-order valence-corrected chi connectivity index (χ4v) is 4.25. The molecule has 8 heteroatoms. The average molecular weight is 397 g/mol. The summed E-state index contributed by atoms with van der Waals surface area (Å²) in [5, 5.41) is 9.41. The quantitative estimate of drug-likeness (QED) is 0.833. The summed E-state index contributed by atoms with van der Waals surface area (Å²) in [5.41, 5.74) is -0.526. The zero-order valence-corrected chi connectivity index (χ0v) is 14.9. The Balaban J connectivity index is 2.54. The van der Waals surface area contributed by atoms with E-state index in [1.807, 2.05) is 20.8 Å². The van der Waals surface area contributed by atoms with E-state index in [2.05, 4.69) is 15.9 Å². The van der Waals surface area contributed by atoms with Gasteiger partial charge in [-0.3, -0.25) is 4.79 Å². The monoisotopic (exact) mass is 395 g/mol. The second-order valence-corrected chi connectivity index (χ2v) is 8.26. The number of ether oxygens (including phenoxy) is 1. The third-order valence-electron chi connectivity index (χ3n) is 3.14. The molecule has 1 saturated heterocycles. The summed E-state index contributed by atoms with van der Waals surface area (Å²) < 4.78 is 6.45.